The first kappa shape index (κ1) is 22.3. The molecule has 0 radical (unpaired) electrons. The molecule has 0 saturated carbocycles. The van der Waals surface area contributed by atoms with Gasteiger partial charge in [0.25, 0.3) is 0 Å². The van der Waals surface area contributed by atoms with E-state index in [9.17, 15) is 4.79 Å². The molecule has 0 atom stereocenters. The molecular weight excluding hydrogens is 412 g/mol. The standard InChI is InChI=1S/C26H30N6O/c1-19(2)32-26(11-12-29-32)31-20(3)15-22(21(31)4)9-10-25(33)28-16-23-7-5-6-8-24(23)17-30-14-13-27-18-30/h5-15,18-19H,16-17H2,1-4H3,(H,28,33)/b10-9+. The van der Waals surface area contributed by atoms with E-state index < -0.39 is 0 Å². The van der Waals surface area contributed by atoms with Crippen molar-refractivity contribution in [1.82, 2.24) is 29.2 Å². The van der Waals surface area contributed by atoms with Crippen LogP contribution in [-0.2, 0) is 17.9 Å². The number of nitrogens with zero attached hydrogens (tertiary/aromatic N) is 5. The molecule has 0 bridgehead atoms. The number of hydrogen-bond donors (Lipinski definition) is 1. The average Bonchev–Trinajstić information content (AvgIpc) is 3.53. The van der Waals surface area contributed by atoms with Crippen molar-refractivity contribution in [3.8, 4) is 5.82 Å². The van der Waals surface area contributed by atoms with Crippen LogP contribution in [0.25, 0.3) is 11.9 Å². The Balaban J connectivity index is 1.45. The summed E-state index contributed by atoms with van der Waals surface area (Å²) in [5.74, 6) is 0.906. The third kappa shape index (κ3) is 4.98. The van der Waals surface area contributed by atoms with E-state index in [-0.39, 0.29) is 11.9 Å². The monoisotopic (exact) mass is 442 g/mol. The summed E-state index contributed by atoms with van der Waals surface area (Å²) in [5, 5.41) is 7.46. The molecule has 1 N–H and O–H groups in total. The highest BCUT2D eigenvalue weighted by atomic mass is 16.1. The first-order valence-corrected chi connectivity index (χ1v) is 11.2. The fraction of sp³-hybridized carbons (Fsp3) is 0.269. The highest BCUT2D eigenvalue weighted by Gasteiger charge is 2.14. The second-order valence-corrected chi connectivity index (χ2v) is 8.44. The molecule has 0 unspecified atom stereocenters. The van der Waals surface area contributed by atoms with Crippen LogP contribution in [-0.4, -0.2) is 29.8 Å². The van der Waals surface area contributed by atoms with Gasteiger partial charge in [0.1, 0.15) is 5.82 Å². The minimum atomic E-state index is -0.121. The van der Waals surface area contributed by atoms with Gasteiger partial charge in [0.2, 0.25) is 5.91 Å². The Kier molecular flexibility index (Phi) is 6.58. The second kappa shape index (κ2) is 9.73. The van der Waals surface area contributed by atoms with Crippen molar-refractivity contribution in [2.24, 2.45) is 0 Å². The molecule has 7 heteroatoms. The first-order valence-electron chi connectivity index (χ1n) is 11.2. The zero-order valence-corrected chi connectivity index (χ0v) is 19.6. The topological polar surface area (TPSA) is 69.7 Å². The Morgan fingerprint density at radius 2 is 1.91 bits per heavy atom. The van der Waals surface area contributed by atoms with Gasteiger partial charge in [-0.05, 0) is 56.5 Å². The number of hydrogen-bond acceptors (Lipinski definition) is 3. The molecule has 0 aliphatic rings. The van der Waals surface area contributed by atoms with E-state index in [1.54, 1.807) is 18.6 Å². The molecule has 0 aliphatic heterocycles. The molecule has 4 aromatic rings. The summed E-state index contributed by atoms with van der Waals surface area (Å²) in [5.41, 5.74) is 5.44. The summed E-state index contributed by atoms with van der Waals surface area (Å²) in [6, 6.07) is 12.5. The van der Waals surface area contributed by atoms with Crippen LogP contribution in [0, 0.1) is 13.8 Å². The molecule has 7 nitrogen and oxygen atoms in total. The Morgan fingerprint density at radius 3 is 2.64 bits per heavy atom. The summed E-state index contributed by atoms with van der Waals surface area (Å²) >= 11 is 0. The summed E-state index contributed by atoms with van der Waals surface area (Å²) < 4.78 is 6.19. The van der Waals surface area contributed by atoms with Crippen molar-refractivity contribution in [3.63, 3.8) is 0 Å². The molecule has 33 heavy (non-hydrogen) atoms. The fourth-order valence-electron chi connectivity index (χ4n) is 4.06. The number of imidazole rings is 1. The van der Waals surface area contributed by atoms with Crippen LogP contribution in [0.2, 0.25) is 0 Å². The van der Waals surface area contributed by atoms with Gasteiger partial charge >= 0.3 is 0 Å². The summed E-state index contributed by atoms with van der Waals surface area (Å²) in [6.45, 7) is 9.56. The second-order valence-electron chi connectivity index (χ2n) is 8.44. The molecular formula is C26H30N6O. The fourth-order valence-corrected chi connectivity index (χ4v) is 4.06. The predicted octanol–water partition coefficient (Wildman–Crippen LogP) is 4.45. The third-order valence-electron chi connectivity index (χ3n) is 5.74. The minimum absolute atomic E-state index is 0.121. The van der Waals surface area contributed by atoms with Crippen molar-refractivity contribution in [3.05, 3.63) is 95.5 Å². The lowest BCUT2D eigenvalue weighted by atomic mass is 10.1. The molecule has 3 heterocycles. The van der Waals surface area contributed by atoms with Crippen LogP contribution in [0.15, 0.2) is 67.4 Å². The van der Waals surface area contributed by atoms with Crippen molar-refractivity contribution in [1.29, 1.82) is 0 Å². The van der Waals surface area contributed by atoms with E-state index in [0.29, 0.717) is 6.54 Å². The maximum Gasteiger partial charge on any atom is 0.244 e. The molecule has 1 amide bonds. The summed E-state index contributed by atoms with van der Waals surface area (Å²) in [7, 11) is 0. The number of aryl methyl sites for hydroxylation is 1. The van der Waals surface area contributed by atoms with E-state index in [1.165, 1.54) is 0 Å². The lowest BCUT2D eigenvalue weighted by Crippen LogP contribution is -2.21. The smallest absolute Gasteiger partial charge is 0.244 e. The van der Waals surface area contributed by atoms with Crippen molar-refractivity contribution < 1.29 is 4.79 Å². The van der Waals surface area contributed by atoms with Crippen LogP contribution in [0.3, 0.4) is 0 Å². The van der Waals surface area contributed by atoms with Crippen molar-refractivity contribution in [2.75, 3.05) is 0 Å². The van der Waals surface area contributed by atoms with Gasteiger partial charge in [-0.2, -0.15) is 5.10 Å². The third-order valence-corrected chi connectivity index (χ3v) is 5.74. The molecule has 0 aliphatic carbocycles. The van der Waals surface area contributed by atoms with Gasteiger partial charge < -0.3 is 14.5 Å². The highest BCUT2D eigenvalue weighted by molar-refractivity contribution is 5.91. The molecule has 0 spiro atoms. The molecule has 0 fully saturated rings. The van der Waals surface area contributed by atoms with Crippen LogP contribution >= 0.6 is 0 Å². The van der Waals surface area contributed by atoms with E-state index in [0.717, 1.165) is 40.4 Å². The van der Waals surface area contributed by atoms with E-state index >= 15 is 0 Å². The number of amides is 1. The molecule has 4 rings (SSSR count). The number of aromatic nitrogens is 5. The normalized spacial score (nSPS) is 11.5. The maximum atomic E-state index is 12.6. The maximum absolute atomic E-state index is 12.6. The van der Waals surface area contributed by atoms with Crippen LogP contribution < -0.4 is 5.32 Å². The first-order chi connectivity index (χ1) is 15.9. The molecule has 170 valence electrons. The van der Waals surface area contributed by atoms with Gasteiger partial charge in [0, 0.05) is 55.1 Å². The summed E-state index contributed by atoms with van der Waals surface area (Å²) in [4.78, 5) is 16.7. The van der Waals surface area contributed by atoms with Gasteiger partial charge in [-0.1, -0.05) is 24.3 Å². The zero-order chi connectivity index (χ0) is 23.4. The highest BCUT2D eigenvalue weighted by Crippen LogP contribution is 2.23. The van der Waals surface area contributed by atoms with E-state index in [4.69, 9.17) is 0 Å². The summed E-state index contributed by atoms with van der Waals surface area (Å²) in [6.07, 6.45) is 10.8. The Hall–Kier alpha value is -3.87. The lowest BCUT2D eigenvalue weighted by molar-refractivity contribution is -0.116. The Bertz CT molecular complexity index is 1260. The predicted molar refractivity (Wildman–Crippen MR) is 130 cm³/mol. The molecule has 1 aromatic carbocycles. The van der Waals surface area contributed by atoms with Gasteiger partial charge in [0.15, 0.2) is 0 Å². The van der Waals surface area contributed by atoms with Crippen molar-refractivity contribution in [2.45, 2.75) is 46.8 Å². The molecule has 3 aromatic heterocycles. The van der Waals surface area contributed by atoms with E-state index in [1.807, 2.05) is 52.0 Å². The Morgan fingerprint density at radius 1 is 1.12 bits per heavy atom. The molecule has 0 saturated heterocycles. The van der Waals surface area contributed by atoms with Crippen LogP contribution in [0.5, 0.6) is 0 Å². The van der Waals surface area contributed by atoms with Gasteiger partial charge in [-0.15, -0.1) is 0 Å². The lowest BCUT2D eigenvalue weighted by Gasteiger charge is -2.15. The number of nitrogens with one attached hydrogen (secondary N) is 1. The van der Waals surface area contributed by atoms with Crippen molar-refractivity contribution >= 4 is 12.0 Å². The van der Waals surface area contributed by atoms with Gasteiger partial charge in [-0.3, -0.25) is 4.79 Å². The quantitative estimate of drug-likeness (QED) is 0.410. The number of benzene rings is 1. The van der Waals surface area contributed by atoms with Gasteiger partial charge in [-0.25, -0.2) is 9.67 Å². The SMILES string of the molecule is Cc1cc(/C=C/C(=O)NCc2ccccc2Cn2ccnc2)c(C)n1-c1ccnn1C(C)C. The number of rotatable bonds is 8. The average molecular weight is 443 g/mol. The van der Waals surface area contributed by atoms with Crippen LogP contribution in [0.4, 0.5) is 0 Å². The largest absolute Gasteiger partial charge is 0.348 e. The number of carbonyl (C=O) groups excluding carboxylic acids is 1. The van der Waals surface area contributed by atoms with Crippen LogP contribution in [0.1, 0.15) is 48.0 Å². The minimum Gasteiger partial charge on any atom is -0.348 e. The van der Waals surface area contributed by atoms with E-state index in [2.05, 4.69) is 59.8 Å². The van der Waals surface area contributed by atoms with Gasteiger partial charge in [0.05, 0.1) is 12.5 Å². The zero-order valence-electron chi connectivity index (χ0n) is 19.6. The Labute approximate surface area is 194 Å². The number of carbonyl (C=O) groups is 1.